The lowest BCUT2D eigenvalue weighted by molar-refractivity contribution is 0.475. The van der Waals surface area contributed by atoms with E-state index in [0.29, 0.717) is 0 Å². The summed E-state index contributed by atoms with van der Waals surface area (Å²) < 4.78 is 0. The van der Waals surface area contributed by atoms with E-state index in [-0.39, 0.29) is 5.75 Å². The highest BCUT2D eigenvalue weighted by Crippen LogP contribution is 2.19. The first-order valence-electron chi connectivity index (χ1n) is 6.14. The summed E-state index contributed by atoms with van der Waals surface area (Å²) in [6, 6.07) is 21.3. The van der Waals surface area contributed by atoms with Gasteiger partial charge >= 0.3 is 0 Å². The molecule has 3 aromatic rings. The van der Waals surface area contributed by atoms with Gasteiger partial charge in [0.05, 0.1) is 5.69 Å². The van der Waals surface area contributed by atoms with Gasteiger partial charge in [-0.25, -0.2) is 0 Å². The molecule has 0 aliphatic rings. The fourth-order valence-corrected chi connectivity index (χ4v) is 2.05. The predicted molar refractivity (Wildman–Crippen MR) is 79.3 cm³/mol. The van der Waals surface area contributed by atoms with Crippen LogP contribution >= 0.6 is 0 Å². The second-order valence-corrected chi connectivity index (χ2v) is 4.34. The first-order chi connectivity index (χ1) is 9.33. The number of hydrogen-bond acceptors (Lipinski definition) is 2. The molecule has 0 aliphatic heterocycles. The fourth-order valence-electron chi connectivity index (χ4n) is 2.05. The summed E-state index contributed by atoms with van der Waals surface area (Å²) in [5, 5.41) is 11.6. The lowest BCUT2D eigenvalue weighted by Crippen LogP contribution is -1.83. The number of benzene rings is 3. The Morgan fingerprint density at radius 2 is 1.53 bits per heavy atom. The summed E-state index contributed by atoms with van der Waals surface area (Å²) in [6.07, 6.45) is 1.86. The van der Waals surface area contributed by atoms with Crippen molar-refractivity contribution >= 4 is 22.7 Å². The number of fused-ring (bicyclic) bond motifs is 1. The van der Waals surface area contributed by atoms with Crippen molar-refractivity contribution in [2.75, 3.05) is 0 Å². The third kappa shape index (κ3) is 2.47. The molecule has 0 saturated carbocycles. The second-order valence-electron chi connectivity index (χ2n) is 4.34. The lowest BCUT2D eigenvalue weighted by Gasteiger charge is -2.01. The van der Waals surface area contributed by atoms with Crippen LogP contribution in [0.15, 0.2) is 71.7 Å². The molecule has 19 heavy (non-hydrogen) atoms. The summed E-state index contributed by atoms with van der Waals surface area (Å²) in [5.74, 6) is 0.254. The topological polar surface area (TPSA) is 32.6 Å². The molecule has 3 rings (SSSR count). The molecule has 2 heteroatoms. The predicted octanol–water partition coefficient (Wildman–Crippen LogP) is 4.30. The summed E-state index contributed by atoms with van der Waals surface area (Å²) in [7, 11) is 0. The Balaban J connectivity index is 1.99. The summed E-state index contributed by atoms with van der Waals surface area (Å²) in [5.41, 5.74) is 1.91. The van der Waals surface area contributed by atoms with E-state index in [4.69, 9.17) is 0 Å². The van der Waals surface area contributed by atoms with Crippen molar-refractivity contribution in [1.29, 1.82) is 0 Å². The minimum atomic E-state index is 0.254. The Hall–Kier alpha value is -2.61. The molecule has 0 atom stereocenters. The summed E-state index contributed by atoms with van der Waals surface area (Å²) in [4.78, 5) is 4.43. The van der Waals surface area contributed by atoms with Crippen LogP contribution in [0, 0.1) is 0 Å². The molecular weight excluding hydrogens is 234 g/mol. The molecular formula is C17H13NO. The second kappa shape index (κ2) is 4.94. The Kier molecular flexibility index (Phi) is 2.99. The van der Waals surface area contributed by atoms with Crippen LogP contribution in [-0.4, -0.2) is 11.3 Å². The van der Waals surface area contributed by atoms with Gasteiger partial charge in [-0.15, -0.1) is 0 Å². The molecule has 0 heterocycles. The SMILES string of the molecule is Oc1ccc(N=Cc2cccc3ccccc23)cc1. The van der Waals surface area contributed by atoms with Crippen LogP contribution in [-0.2, 0) is 0 Å². The zero-order chi connectivity index (χ0) is 13.1. The van der Waals surface area contributed by atoms with Crippen LogP contribution < -0.4 is 0 Å². The van der Waals surface area contributed by atoms with Crippen molar-refractivity contribution in [3.63, 3.8) is 0 Å². The van der Waals surface area contributed by atoms with Crippen LogP contribution in [0.1, 0.15) is 5.56 Å². The lowest BCUT2D eigenvalue weighted by atomic mass is 10.1. The Morgan fingerprint density at radius 3 is 2.37 bits per heavy atom. The van der Waals surface area contributed by atoms with Crippen molar-refractivity contribution in [3.8, 4) is 5.75 Å². The molecule has 0 bridgehead atoms. The number of rotatable bonds is 2. The molecule has 0 radical (unpaired) electrons. The van der Waals surface area contributed by atoms with Gasteiger partial charge in [-0.2, -0.15) is 0 Å². The first-order valence-corrected chi connectivity index (χ1v) is 6.14. The van der Waals surface area contributed by atoms with Gasteiger partial charge in [-0.1, -0.05) is 42.5 Å². The van der Waals surface area contributed by atoms with Crippen LogP contribution in [0.3, 0.4) is 0 Å². The van der Waals surface area contributed by atoms with Gasteiger partial charge in [0.25, 0.3) is 0 Å². The third-order valence-electron chi connectivity index (χ3n) is 3.03. The number of phenolic OH excluding ortho intramolecular Hbond substituents is 1. The zero-order valence-electron chi connectivity index (χ0n) is 10.3. The quantitative estimate of drug-likeness (QED) is 0.673. The highest BCUT2D eigenvalue weighted by molar-refractivity contribution is 6.00. The van der Waals surface area contributed by atoms with E-state index in [1.807, 2.05) is 30.5 Å². The average molecular weight is 247 g/mol. The van der Waals surface area contributed by atoms with E-state index < -0.39 is 0 Å². The van der Waals surface area contributed by atoms with Crippen molar-refractivity contribution in [2.45, 2.75) is 0 Å². The molecule has 3 aromatic carbocycles. The van der Waals surface area contributed by atoms with Crippen LogP contribution in [0.2, 0.25) is 0 Å². The number of nitrogens with zero attached hydrogens (tertiary/aromatic N) is 1. The monoisotopic (exact) mass is 247 g/mol. The fraction of sp³-hybridized carbons (Fsp3) is 0. The van der Waals surface area contributed by atoms with Gasteiger partial charge in [0.2, 0.25) is 0 Å². The van der Waals surface area contributed by atoms with E-state index in [1.54, 1.807) is 24.3 Å². The molecule has 0 aromatic heterocycles. The average Bonchev–Trinajstić information content (AvgIpc) is 2.47. The van der Waals surface area contributed by atoms with Gasteiger partial charge in [0.15, 0.2) is 0 Å². The molecule has 1 N–H and O–H groups in total. The van der Waals surface area contributed by atoms with E-state index in [1.165, 1.54) is 10.8 Å². The number of hydrogen-bond donors (Lipinski definition) is 1. The van der Waals surface area contributed by atoms with Crippen LogP contribution in [0.25, 0.3) is 10.8 Å². The van der Waals surface area contributed by atoms with Gasteiger partial charge in [-0.05, 0) is 35.0 Å². The maximum Gasteiger partial charge on any atom is 0.115 e. The van der Waals surface area contributed by atoms with E-state index in [9.17, 15) is 5.11 Å². The van der Waals surface area contributed by atoms with Gasteiger partial charge in [0.1, 0.15) is 5.75 Å². The normalized spacial score (nSPS) is 11.2. The summed E-state index contributed by atoms with van der Waals surface area (Å²) >= 11 is 0. The highest BCUT2D eigenvalue weighted by atomic mass is 16.3. The first kappa shape index (κ1) is 11.5. The molecule has 0 fully saturated rings. The van der Waals surface area contributed by atoms with Crippen molar-refractivity contribution < 1.29 is 5.11 Å². The molecule has 2 nitrogen and oxygen atoms in total. The Labute approximate surface area is 111 Å². The minimum Gasteiger partial charge on any atom is -0.508 e. The minimum absolute atomic E-state index is 0.254. The molecule has 0 unspecified atom stereocenters. The van der Waals surface area contributed by atoms with E-state index in [0.717, 1.165) is 11.3 Å². The molecule has 0 aliphatic carbocycles. The molecule has 92 valence electrons. The summed E-state index contributed by atoms with van der Waals surface area (Å²) in [6.45, 7) is 0. The largest absolute Gasteiger partial charge is 0.508 e. The number of aliphatic imine (C=N–C) groups is 1. The standard InChI is InChI=1S/C17H13NO/c19-16-10-8-15(9-11-16)18-12-14-6-3-5-13-4-1-2-7-17(13)14/h1-12,19H. The maximum absolute atomic E-state index is 9.23. The number of phenols is 1. The zero-order valence-corrected chi connectivity index (χ0v) is 10.3. The maximum atomic E-state index is 9.23. The molecule has 0 saturated heterocycles. The van der Waals surface area contributed by atoms with Crippen molar-refractivity contribution in [3.05, 3.63) is 72.3 Å². The van der Waals surface area contributed by atoms with E-state index in [2.05, 4.69) is 23.2 Å². The Bertz CT molecular complexity index is 724. The van der Waals surface area contributed by atoms with Gasteiger partial charge in [-0.3, -0.25) is 4.99 Å². The molecule has 0 amide bonds. The highest BCUT2D eigenvalue weighted by Gasteiger charge is 1.97. The third-order valence-corrected chi connectivity index (χ3v) is 3.03. The van der Waals surface area contributed by atoms with Crippen molar-refractivity contribution in [2.24, 2.45) is 4.99 Å². The smallest absolute Gasteiger partial charge is 0.115 e. The molecule has 0 spiro atoms. The van der Waals surface area contributed by atoms with Gasteiger partial charge < -0.3 is 5.11 Å². The van der Waals surface area contributed by atoms with E-state index >= 15 is 0 Å². The van der Waals surface area contributed by atoms with Crippen LogP contribution in [0.4, 0.5) is 5.69 Å². The van der Waals surface area contributed by atoms with Gasteiger partial charge in [0, 0.05) is 11.8 Å². The Morgan fingerprint density at radius 1 is 0.789 bits per heavy atom. The van der Waals surface area contributed by atoms with Crippen LogP contribution in [0.5, 0.6) is 5.75 Å². The number of aromatic hydroxyl groups is 1. The van der Waals surface area contributed by atoms with Crippen molar-refractivity contribution in [1.82, 2.24) is 0 Å².